The Morgan fingerprint density at radius 2 is 1.16 bits per heavy atom. The molecule has 0 heterocycles. The predicted molar refractivity (Wildman–Crippen MR) is 108 cm³/mol. The normalized spacial score (nSPS) is 15.6. The van der Waals surface area contributed by atoms with Gasteiger partial charge in [0.15, 0.2) is 0 Å². The van der Waals surface area contributed by atoms with Gasteiger partial charge in [0, 0.05) is 12.5 Å². The first-order chi connectivity index (χ1) is 12.2. The summed E-state index contributed by atoms with van der Waals surface area (Å²) in [5.41, 5.74) is 0. The van der Waals surface area contributed by atoms with Gasteiger partial charge < -0.3 is 15.3 Å². The standard InChI is InChI=1S/C22H44O3/c1-3-5-12-17-21(24)20(22(25)18-13-6-4-2)16-14-10-8-7-9-11-15-19-23/h9,11,20-25H,3-8,10,12-19H2,1-2H3/b11-9-. The molecule has 0 aliphatic rings. The molecular weight excluding hydrogens is 312 g/mol. The molecule has 25 heavy (non-hydrogen) atoms. The molecule has 2 unspecified atom stereocenters. The third-order valence-electron chi connectivity index (χ3n) is 5.07. The minimum Gasteiger partial charge on any atom is -0.396 e. The maximum atomic E-state index is 10.6. The van der Waals surface area contributed by atoms with Crippen molar-refractivity contribution in [2.45, 2.75) is 116 Å². The van der Waals surface area contributed by atoms with Crippen molar-refractivity contribution in [3.05, 3.63) is 12.2 Å². The summed E-state index contributed by atoms with van der Waals surface area (Å²) < 4.78 is 0. The zero-order valence-corrected chi connectivity index (χ0v) is 16.8. The van der Waals surface area contributed by atoms with Gasteiger partial charge in [0.05, 0.1) is 12.2 Å². The number of hydrogen-bond acceptors (Lipinski definition) is 3. The van der Waals surface area contributed by atoms with Gasteiger partial charge in [-0.05, 0) is 38.5 Å². The van der Waals surface area contributed by atoms with E-state index >= 15 is 0 Å². The lowest BCUT2D eigenvalue weighted by Gasteiger charge is -2.28. The van der Waals surface area contributed by atoms with Crippen molar-refractivity contribution >= 4 is 0 Å². The van der Waals surface area contributed by atoms with Crippen molar-refractivity contribution in [2.75, 3.05) is 6.61 Å². The second-order valence-electron chi connectivity index (χ2n) is 7.41. The van der Waals surface area contributed by atoms with Crippen LogP contribution < -0.4 is 0 Å². The lowest BCUT2D eigenvalue weighted by molar-refractivity contribution is -0.00314. The second kappa shape index (κ2) is 18.4. The fourth-order valence-corrected chi connectivity index (χ4v) is 3.41. The van der Waals surface area contributed by atoms with Crippen LogP contribution in [0.5, 0.6) is 0 Å². The maximum absolute atomic E-state index is 10.6. The van der Waals surface area contributed by atoms with E-state index in [1.807, 2.05) is 6.08 Å². The molecule has 2 atom stereocenters. The first kappa shape index (κ1) is 24.6. The van der Waals surface area contributed by atoms with E-state index in [1.165, 1.54) is 12.8 Å². The van der Waals surface area contributed by atoms with Crippen LogP contribution in [0.3, 0.4) is 0 Å². The largest absolute Gasteiger partial charge is 0.396 e. The Morgan fingerprint density at radius 1 is 0.640 bits per heavy atom. The van der Waals surface area contributed by atoms with Crippen LogP contribution in [0.25, 0.3) is 0 Å². The Labute approximate surface area is 156 Å². The molecule has 0 radical (unpaired) electrons. The molecule has 0 aliphatic carbocycles. The van der Waals surface area contributed by atoms with Gasteiger partial charge in [-0.25, -0.2) is 0 Å². The Bertz CT molecular complexity index is 275. The third-order valence-corrected chi connectivity index (χ3v) is 5.07. The summed E-state index contributed by atoms with van der Waals surface area (Å²) in [6.07, 6.45) is 18.0. The summed E-state index contributed by atoms with van der Waals surface area (Å²) in [5, 5.41) is 29.9. The summed E-state index contributed by atoms with van der Waals surface area (Å²) >= 11 is 0. The number of aliphatic hydroxyl groups excluding tert-OH is 3. The Kier molecular flexibility index (Phi) is 18.1. The molecule has 3 heteroatoms. The van der Waals surface area contributed by atoms with Crippen LogP contribution in [0, 0.1) is 5.92 Å². The highest BCUT2D eigenvalue weighted by atomic mass is 16.3. The number of allylic oxidation sites excluding steroid dienone is 1. The molecule has 0 aromatic heterocycles. The van der Waals surface area contributed by atoms with Crippen molar-refractivity contribution in [3.8, 4) is 0 Å². The molecule has 0 aromatic rings. The van der Waals surface area contributed by atoms with Crippen LogP contribution in [-0.2, 0) is 0 Å². The average molecular weight is 357 g/mol. The quantitative estimate of drug-likeness (QED) is 0.228. The first-order valence-electron chi connectivity index (χ1n) is 10.8. The summed E-state index contributed by atoms with van der Waals surface area (Å²) in [7, 11) is 0. The first-order valence-corrected chi connectivity index (χ1v) is 10.8. The van der Waals surface area contributed by atoms with E-state index in [2.05, 4.69) is 19.9 Å². The molecule has 0 saturated heterocycles. The summed E-state index contributed by atoms with van der Waals surface area (Å²) in [6, 6.07) is 0. The molecule has 0 fully saturated rings. The van der Waals surface area contributed by atoms with Crippen LogP contribution in [0.1, 0.15) is 104 Å². The lowest BCUT2D eigenvalue weighted by Crippen LogP contribution is -2.32. The molecule has 0 saturated carbocycles. The van der Waals surface area contributed by atoms with Crippen molar-refractivity contribution in [3.63, 3.8) is 0 Å². The summed E-state index contributed by atoms with van der Waals surface area (Å²) in [5.74, 6) is 0.0404. The van der Waals surface area contributed by atoms with Crippen LogP contribution in [0.4, 0.5) is 0 Å². The highest BCUT2D eigenvalue weighted by Gasteiger charge is 2.25. The second-order valence-corrected chi connectivity index (χ2v) is 7.41. The Morgan fingerprint density at radius 3 is 1.68 bits per heavy atom. The van der Waals surface area contributed by atoms with Crippen LogP contribution in [0.15, 0.2) is 12.2 Å². The summed E-state index contributed by atoms with van der Waals surface area (Å²) in [4.78, 5) is 0. The van der Waals surface area contributed by atoms with Crippen molar-refractivity contribution in [1.29, 1.82) is 0 Å². The van der Waals surface area contributed by atoms with Crippen LogP contribution in [-0.4, -0.2) is 34.1 Å². The molecule has 3 nitrogen and oxygen atoms in total. The highest BCUT2D eigenvalue weighted by Crippen LogP contribution is 2.25. The van der Waals surface area contributed by atoms with Crippen molar-refractivity contribution < 1.29 is 15.3 Å². The van der Waals surface area contributed by atoms with E-state index < -0.39 is 0 Å². The molecule has 0 aliphatic heterocycles. The number of rotatable bonds is 18. The fourth-order valence-electron chi connectivity index (χ4n) is 3.41. The van der Waals surface area contributed by atoms with E-state index in [1.54, 1.807) is 0 Å². The Balaban J connectivity index is 4.18. The molecule has 0 amide bonds. The highest BCUT2D eigenvalue weighted by molar-refractivity contribution is 4.81. The minimum absolute atomic E-state index is 0.0404. The predicted octanol–water partition coefficient (Wildman–Crippen LogP) is 5.37. The maximum Gasteiger partial charge on any atom is 0.0593 e. The zero-order valence-electron chi connectivity index (χ0n) is 16.8. The molecule has 3 N–H and O–H groups in total. The molecule has 150 valence electrons. The van der Waals surface area contributed by atoms with E-state index in [-0.39, 0.29) is 24.7 Å². The van der Waals surface area contributed by atoms with Crippen molar-refractivity contribution in [2.24, 2.45) is 5.92 Å². The van der Waals surface area contributed by atoms with Crippen LogP contribution >= 0.6 is 0 Å². The molecule has 0 aromatic carbocycles. The van der Waals surface area contributed by atoms with E-state index in [4.69, 9.17) is 5.11 Å². The van der Waals surface area contributed by atoms with Gasteiger partial charge in [-0.2, -0.15) is 0 Å². The smallest absolute Gasteiger partial charge is 0.0593 e. The van der Waals surface area contributed by atoms with E-state index in [0.29, 0.717) is 0 Å². The van der Waals surface area contributed by atoms with Gasteiger partial charge >= 0.3 is 0 Å². The van der Waals surface area contributed by atoms with Crippen molar-refractivity contribution in [1.82, 2.24) is 0 Å². The topological polar surface area (TPSA) is 60.7 Å². The van der Waals surface area contributed by atoms with E-state index in [9.17, 15) is 10.2 Å². The minimum atomic E-state index is -0.354. The fraction of sp³-hybridized carbons (Fsp3) is 0.909. The lowest BCUT2D eigenvalue weighted by atomic mass is 9.85. The monoisotopic (exact) mass is 356 g/mol. The van der Waals surface area contributed by atoms with Gasteiger partial charge in [-0.3, -0.25) is 0 Å². The van der Waals surface area contributed by atoms with Crippen LogP contribution in [0.2, 0.25) is 0 Å². The van der Waals surface area contributed by atoms with Gasteiger partial charge in [0.25, 0.3) is 0 Å². The van der Waals surface area contributed by atoms with E-state index in [0.717, 1.165) is 77.0 Å². The van der Waals surface area contributed by atoms with Gasteiger partial charge in [-0.15, -0.1) is 0 Å². The van der Waals surface area contributed by atoms with Gasteiger partial charge in [-0.1, -0.05) is 77.4 Å². The molecule has 0 bridgehead atoms. The summed E-state index contributed by atoms with van der Waals surface area (Å²) in [6.45, 7) is 4.58. The Hall–Kier alpha value is -0.380. The van der Waals surface area contributed by atoms with Gasteiger partial charge in [0.1, 0.15) is 0 Å². The number of aliphatic hydroxyl groups is 3. The number of hydrogen-bond donors (Lipinski definition) is 3. The molecular formula is C22H44O3. The number of unbranched alkanes of at least 4 members (excludes halogenated alkanes) is 7. The van der Waals surface area contributed by atoms with Gasteiger partial charge in [0.2, 0.25) is 0 Å². The average Bonchev–Trinajstić information content (AvgIpc) is 2.60. The molecule has 0 spiro atoms. The molecule has 0 rings (SSSR count). The zero-order chi connectivity index (χ0) is 18.8. The third kappa shape index (κ3) is 14.5. The SMILES string of the molecule is CCCCCC(O)C(CCCCC/C=C\CCO)C(O)CCCCC.